The Balaban J connectivity index is 1.39. The molecule has 2 heterocycles. The van der Waals surface area contributed by atoms with Gasteiger partial charge in [-0.15, -0.1) is 21.5 Å². The van der Waals surface area contributed by atoms with Crippen LogP contribution in [0.5, 0.6) is 0 Å². The van der Waals surface area contributed by atoms with Gasteiger partial charge in [0.1, 0.15) is 11.6 Å². The van der Waals surface area contributed by atoms with Crippen LogP contribution in [-0.2, 0) is 11.3 Å². The maximum Gasteiger partial charge on any atom is 0.236 e. The van der Waals surface area contributed by atoms with Gasteiger partial charge >= 0.3 is 0 Å². The molecule has 4 rings (SSSR count). The van der Waals surface area contributed by atoms with E-state index < -0.39 is 0 Å². The summed E-state index contributed by atoms with van der Waals surface area (Å²) in [5.74, 6) is 0.525. The third-order valence-electron chi connectivity index (χ3n) is 4.58. The summed E-state index contributed by atoms with van der Waals surface area (Å²) in [7, 11) is 0. The minimum absolute atomic E-state index is 0.170. The molecule has 31 heavy (non-hydrogen) atoms. The summed E-state index contributed by atoms with van der Waals surface area (Å²) in [6.45, 7) is 4.47. The molecule has 0 aliphatic rings. The fourth-order valence-corrected chi connectivity index (χ4v) is 4.66. The third-order valence-corrected chi connectivity index (χ3v) is 6.43. The van der Waals surface area contributed by atoms with Crippen LogP contribution in [0.1, 0.15) is 16.3 Å². The van der Waals surface area contributed by atoms with Gasteiger partial charge in [0, 0.05) is 10.4 Å². The van der Waals surface area contributed by atoms with E-state index in [0.29, 0.717) is 16.8 Å². The van der Waals surface area contributed by atoms with Crippen molar-refractivity contribution in [1.29, 1.82) is 0 Å². The summed E-state index contributed by atoms with van der Waals surface area (Å²) in [5, 5.41) is 12.4. The van der Waals surface area contributed by atoms with Crippen LogP contribution >= 0.6 is 23.1 Å². The van der Waals surface area contributed by atoms with Crippen molar-refractivity contribution >= 4 is 34.1 Å². The quantitative estimate of drug-likeness (QED) is 0.402. The normalized spacial score (nSPS) is 10.9. The highest BCUT2D eigenvalue weighted by Crippen LogP contribution is 2.30. The molecule has 0 aliphatic carbocycles. The molecule has 0 radical (unpaired) electrons. The number of aromatic nitrogens is 4. The number of nitrogens with zero attached hydrogens (tertiary/aromatic N) is 4. The first-order chi connectivity index (χ1) is 15.0. The lowest BCUT2D eigenvalue weighted by atomic mass is 10.1. The summed E-state index contributed by atoms with van der Waals surface area (Å²) in [4.78, 5) is 17.9. The minimum Gasteiger partial charge on any atom is -0.302 e. The van der Waals surface area contributed by atoms with Gasteiger partial charge in [-0.3, -0.25) is 4.79 Å². The number of thiazole rings is 1. The molecule has 1 amide bonds. The Kier molecular flexibility index (Phi) is 6.43. The van der Waals surface area contributed by atoms with Gasteiger partial charge in [-0.1, -0.05) is 42.1 Å². The predicted molar refractivity (Wildman–Crippen MR) is 122 cm³/mol. The summed E-state index contributed by atoms with van der Waals surface area (Å²) in [5.41, 5.74) is 2.70. The molecule has 2 aromatic heterocycles. The Morgan fingerprint density at radius 2 is 1.84 bits per heavy atom. The third kappa shape index (κ3) is 5.18. The molecule has 0 saturated carbocycles. The van der Waals surface area contributed by atoms with Gasteiger partial charge < -0.3 is 9.88 Å². The number of thioether (sulfide) groups is 1. The summed E-state index contributed by atoms with van der Waals surface area (Å²) >= 11 is 2.73. The molecule has 0 fully saturated rings. The molecule has 0 atom stereocenters. The summed E-state index contributed by atoms with van der Waals surface area (Å²) in [6.07, 6.45) is 0. The number of hydrogen-bond donors (Lipinski definition) is 1. The van der Waals surface area contributed by atoms with E-state index in [1.165, 1.54) is 35.2 Å². The Morgan fingerprint density at radius 1 is 1.10 bits per heavy atom. The van der Waals surface area contributed by atoms with Gasteiger partial charge in [0.05, 0.1) is 18.0 Å². The zero-order valence-electron chi connectivity index (χ0n) is 17.0. The number of carbonyl (C=O) groups excluding carboxylic acids is 1. The molecule has 6 nitrogen and oxygen atoms in total. The Labute approximate surface area is 187 Å². The molecule has 2 aromatic carbocycles. The van der Waals surface area contributed by atoms with Crippen molar-refractivity contribution in [2.45, 2.75) is 25.5 Å². The average Bonchev–Trinajstić information content (AvgIpc) is 3.30. The van der Waals surface area contributed by atoms with Crippen LogP contribution in [0, 0.1) is 19.7 Å². The molecular formula is C22H20FN5OS2. The van der Waals surface area contributed by atoms with Crippen LogP contribution in [0.2, 0.25) is 0 Å². The van der Waals surface area contributed by atoms with Crippen molar-refractivity contribution in [1.82, 2.24) is 19.7 Å². The molecule has 0 aliphatic heterocycles. The van der Waals surface area contributed by atoms with E-state index in [4.69, 9.17) is 0 Å². The zero-order chi connectivity index (χ0) is 21.8. The fourth-order valence-electron chi connectivity index (χ4n) is 3.03. The number of rotatable bonds is 7. The molecule has 0 saturated heterocycles. The number of anilines is 1. The minimum atomic E-state index is -0.294. The first kappa shape index (κ1) is 21.2. The molecular weight excluding hydrogens is 433 g/mol. The van der Waals surface area contributed by atoms with Gasteiger partial charge in [-0.05, 0) is 43.7 Å². The second-order valence-corrected chi connectivity index (χ2v) is 9.01. The monoisotopic (exact) mass is 453 g/mol. The average molecular weight is 454 g/mol. The van der Waals surface area contributed by atoms with Crippen molar-refractivity contribution in [2.75, 3.05) is 11.1 Å². The first-order valence-corrected chi connectivity index (χ1v) is 11.4. The Hall–Kier alpha value is -3.04. The van der Waals surface area contributed by atoms with Gasteiger partial charge in [-0.25, -0.2) is 9.37 Å². The zero-order valence-corrected chi connectivity index (χ0v) is 18.6. The second kappa shape index (κ2) is 9.40. The lowest BCUT2D eigenvalue weighted by Gasteiger charge is -2.08. The number of carbonyl (C=O) groups is 1. The maximum absolute atomic E-state index is 13.2. The van der Waals surface area contributed by atoms with Crippen molar-refractivity contribution in [2.24, 2.45) is 0 Å². The fraction of sp³-hybridized carbons (Fsp3) is 0.182. The molecule has 4 aromatic rings. The predicted octanol–water partition coefficient (Wildman–Crippen LogP) is 4.94. The number of amides is 1. The van der Waals surface area contributed by atoms with Crippen molar-refractivity contribution < 1.29 is 9.18 Å². The number of nitrogens with one attached hydrogen (secondary N) is 1. The second-order valence-electron chi connectivity index (χ2n) is 6.87. The van der Waals surface area contributed by atoms with E-state index in [0.717, 1.165) is 27.5 Å². The largest absolute Gasteiger partial charge is 0.302 e. The van der Waals surface area contributed by atoms with E-state index in [9.17, 15) is 9.18 Å². The number of hydrogen-bond acceptors (Lipinski definition) is 6. The molecule has 158 valence electrons. The molecule has 0 unspecified atom stereocenters. The Morgan fingerprint density at radius 3 is 2.58 bits per heavy atom. The van der Waals surface area contributed by atoms with Crippen LogP contribution in [0.4, 0.5) is 9.52 Å². The van der Waals surface area contributed by atoms with E-state index in [2.05, 4.69) is 20.5 Å². The Bertz CT molecular complexity index is 1190. The highest BCUT2D eigenvalue weighted by Gasteiger charge is 2.15. The van der Waals surface area contributed by atoms with Crippen molar-refractivity contribution in [3.8, 4) is 11.3 Å². The number of halogens is 1. The van der Waals surface area contributed by atoms with Crippen molar-refractivity contribution in [3.63, 3.8) is 0 Å². The van der Waals surface area contributed by atoms with Crippen LogP contribution in [-0.4, -0.2) is 31.4 Å². The number of aryl methyl sites for hydroxylation is 2. The highest BCUT2D eigenvalue weighted by molar-refractivity contribution is 7.99. The van der Waals surface area contributed by atoms with Gasteiger partial charge in [0.15, 0.2) is 10.3 Å². The van der Waals surface area contributed by atoms with Crippen LogP contribution in [0.15, 0.2) is 59.8 Å². The van der Waals surface area contributed by atoms with Gasteiger partial charge in [0.2, 0.25) is 5.91 Å². The van der Waals surface area contributed by atoms with Crippen LogP contribution < -0.4 is 5.32 Å². The van der Waals surface area contributed by atoms with E-state index in [1.54, 1.807) is 12.1 Å². The summed E-state index contributed by atoms with van der Waals surface area (Å²) in [6, 6.07) is 16.2. The molecule has 0 bridgehead atoms. The van der Waals surface area contributed by atoms with E-state index in [-0.39, 0.29) is 17.5 Å². The smallest absolute Gasteiger partial charge is 0.236 e. The van der Waals surface area contributed by atoms with E-state index in [1.807, 2.05) is 48.7 Å². The lowest BCUT2D eigenvalue weighted by molar-refractivity contribution is -0.113. The number of benzene rings is 2. The lowest BCUT2D eigenvalue weighted by Crippen LogP contribution is -2.14. The molecule has 1 N–H and O–H groups in total. The van der Waals surface area contributed by atoms with Gasteiger partial charge in [-0.2, -0.15) is 0 Å². The highest BCUT2D eigenvalue weighted by atomic mass is 32.2. The molecule has 9 heteroatoms. The first-order valence-electron chi connectivity index (χ1n) is 9.59. The standard InChI is InChI=1S/C22H20FN5OS2/c1-14-20(17-8-10-18(23)11-9-17)25-21(31-14)24-19(29)13-30-22-27-26-15(2)28(22)12-16-6-4-3-5-7-16/h3-11H,12-13H2,1-2H3,(H,24,25,29). The van der Waals surface area contributed by atoms with Gasteiger partial charge in [0.25, 0.3) is 0 Å². The van der Waals surface area contributed by atoms with Crippen LogP contribution in [0.25, 0.3) is 11.3 Å². The maximum atomic E-state index is 13.2. The SMILES string of the molecule is Cc1sc(NC(=O)CSc2nnc(C)n2Cc2ccccc2)nc1-c1ccc(F)cc1. The van der Waals surface area contributed by atoms with Crippen molar-refractivity contribution in [3.05, 3.63) is 76.7 Å². The summed E-state index contributed by atoms with van der Waals surface area (Å²) < 4.78 is 15.2. The molecule has 0 spiro atoms. The van der Waals surface area contributed by atoms with E-state index >= 15 is 0 Å². The topological polar surface area (TPSA) is 72.7 Å². The van der Waals surface area contributed by atoms with Crippen LogP contribution in [0.3, 0.4) is 0 Å².